The highest BCUT2D eigenvalue weighted by atomic mass is 16.5. The minimum absolute atomic E-state index is 0.772. The smallest absolute Gasteiger partial charge is 0.119 e. The standard InChI is InChI=1S/C17H19NO/c1-19-17-9-6-14-11-13(4-5-15(14)12-17)3-2-10-18-16-7-8-16/h2-6,9,11-12,16,18H,7-8,10H2,1H3. The predicted molar refractivity (Wildman–Crippen MR) is 80.6 cm³/mol. The van der Waals surface area contributed by atoms with E-state index in [0.717, 1.165) is 18.3 Å². The number of nitrogens with one attached hydrogen (secondary N) is 1. The molecule has 1 saturated carbocycles. The Morgan fingerprint density at radius 3 is 2.74 bits per heavy atom. The van der Waals surface area contributed by atoms with Crippen LogP contribution in [0.3, 0.4) is 0 Å². The number of ether oxygens (including phenoxy) is 1. The average molecular weight is 253 g/mol. The summed E-state index contributed by atoms with van der Waals surface area (Å²) in [5.74, 6) is 0.907. The van der Waals surface area contributed by atoms with Crippen LogP contribution < -0.4 is 10.1 Å². The van der Waals surface area contributed by atoms with Crippen molar-refractivity contribution in [2.75, 3.05) is 13.7 Å². The van der Waals surface area contributed by atoms with Gasteiger partial charge in [-0.3, -0.25) is 0 Å². The minimum atomic E-state index is 0.772. The first kappa shape index (κ1) is 12.2. The molecule has 98 valence electrons. The molecule has 2 heteroatoms. The quantitative estimate of drug-likeness (QED) is 0.879. The fourth-order valence-electron chi connectivity index (χ4n) is 2.19. The molecule has 1 N–H and O–H groups in total. The van der Waals surface area contributed by atoms with Gasteiger partial charge < -0.3 is 10.1 Å². The molecule has 0 radical (unpaired) electrons. The highest BCUT2D eigenvalue weighted by molar-refractivity contribution is 5.86. The second-order valence-corrected chi connectivity index (χ2v) is 5.06. The third-order valence-electron chi connectivity index (χ3n) is 3.48. The monoisotopic (exact) mass is 253 g/mol. The largest absolute Gasteiger partial charge is 0.497 e. The van der Waals surface area contributed by atoms with Gasteiger partial charge in [0.2, 0.25) is 0 Å². The molecule has 1 fully saturated rings. The van der Waals surface area contributed by atoms with Gasteiger partial charge in [-0.05, 0) is 47.4 Å². The summed E-state index contributed by atoms with van der Waals surface area (Å²) in [5.41, 5.74) is 1.25. The van der Waals surface area contributed by atoms with Crippen LogP contribution in [0.1, 0.15) is 18.4 Å². The summed E-state index contributed by atoms with van der Waals surface area (Å²) in [6.45, 7) is 0.964. The summed E-state index contributed by atoms with van der Waals surface area (Å²) in [4.78, 5) is 0. The lowest BCUT2D eigenvalue weighted by molar-refractivity contribution is 0.415. The molecule has 0 saturated heterocycles. The van der Waals surface area contributed by atoms with Gasteiger partial charge in [-0.1, -0.05) is 30.4 Å². The molecule has 0 spiro atoms. The lowest BCUT2D eigenvalue weighted by Gasteiger charge is -2.03. The van der Waals surface area contributed by atoms with Crippen molar-refractivity contribution < 1.29 is 4.74 Å². The summed E-state index contributed by atoms with van der Waals surface area (Å²) >= 11 is 0. The first-order valence-corrected chi connectivity index (χ1v) is 6.83. The lowest BCUT2D eigenvalue weighted by Crippen LogP contribution is -2.15. The van der Waals surface area contributed by atoms with Gasteiger partial charge in [-0.15, -0.1) is 0 Å². The van der Waals surface area contributed by atoms with Crippen molar-refractivity contribution in [2.24, 2.45) is 0 Å². The Bertz CT molecular complexity index is 599. The number of benzene rings is 2. The maximum absolute atomic E-state index is 5.24. The van der Waals surface area contributed by atoms with Crippen molar-refractivity contribution in [1.82, 2.24) is 5.32 Å². The molecule has 0 unspecified atom stereocenters. The highest BCUT2D eigenvalue weighted by Gasteiger charge is 2.18. The van der Waals surface area contributed by atoms with E-state index in [0.29, 0.717) is 0 Å². The van der Waals surface area contributed by atoms with Crippen LogP contribution in [0, 0.1) is 0 Å². The molecule has 1 aliphatic carbocycles. The molecule has 0 aliphatic heterocycles. The van der Waals surface area contributed by atoms with Gasteiger partial charge >= 0.3 is 0 Å². The molecule has 3 rings (SSSR count). The Balaban J connectivity index is 1.73. The lowest BCUT2D eigenvalue weighted by atomic mass is 10.1. The van der Waals surface area contributed by atoms with Crippen molar-refractivity contribution in [3.63, 3.8) is 0 Å². The topological polar surface area (TPSA) is 21.3 Å². The molecule has 0 amide bonds. The molecule has 0 aromatic heterocycles. The highest BCUT2D eigenvalue weighted by Crippen LogP contribution is 2.22. The molecule has 1 aliphatic rings. The van der Waals surface area contributed by atoms with E-state index >= 15 is 0 Å². The Hall–Kier alpha value is -1.80. The van der Waals surface area contributed by atoms with Gasteiger partial charge in [-0.2, -0.15) is 0 Å². The fraction of sp³-hybridized carbons (Fsp3) is 0.294. The molecule has 2 aromatic carbocycles. The predicted octanol–water partition coefficient (Wildman–Crippen LogP) is 3.61. The van der Waals surface area contributed by atoms with E-state index in [2.05, 4.69) is 47.8 Å². The fourth-order valence-corrected chi connectivity index (χ4v) is 2.19. The summed E-state index contributed by atoms with van der Waals surface area (Å²) in [6.07, 6.45) is 7.05. The second-order valence-electron chi connectivity index (χ2n) is 5.06. The Morgan fingerprint density at radius 1 is 1.16 bits per heavy atom. The van der Waals surface area contributed by atoms with E-state index in [9.17, 15) is 0 Å². The third-order valence-corrected chi connectivity index (χ3v) is 3.48. The Labute approximate surface area is 114 Å². The van der Waals surface area contributed by atoms with Crippen LogP contribution in [0.25, 0.3) is 16.8 Å². The van der Waals surface area contributed by atoms with Crippen molar-refractivity contribution in [3.05, 3.63) is 48.0 Å². The van der Waals surface area contributed by atoms with Gasteiger partial charge in [0, 0.05) is 12.6 Å². The van der Waals surface area contributed by atoms with Crippen molar-refractivity contribution in [1.29, 1.82) is 0 Å². The maximum Gasteiger partial charge on any atom is 0.119 e. The van der Waals surface area contributed by atoms with E-state index in [1.54, 1.807) is 7.11 Å². The van der Waals surface area contributed by atoms with Crippen molar-refractivity contribution >= 4 is 16.8 Å². The Kier molecular flexibility index (Phi) is 3.51. The zero-order valence-electron chi connectivity index (χ0n) is 11.2. The summed E-state index contributed by atoms with van der Waals surface area (Å²) in [5, 5.41) is 5.94. The molecule has 2 aromatic rings. The number of fused-ring (bicyclic) bond motifs is 1. The maximum atomic E-state index is 5.24. The van der Waals surface area contributed by atoms with Gasteiger partial charge in [0.1, 0.15) is 5.75 Å². The molecule has 0 heterocycles. The van der Waals surface area contributed by atoms with E-state index in [1.165, 1.54) is 29.2 Å². The third kappa shape index (κ3) is 3.15. The zero-order chi connectivity index (χ0) is 13.1. The summed E-state index contributed by atoms with van der Waals surface area (Å²) in [7, 11) is 1.70. The van der Waals surface area contributed by atoms with Crippen LogP contribution in [-0.4, -0.2) is 19.7 Å². The van der Waals surface area contributed by atoms with Crippen LogP contribution in [0.4, 0.5) is 0 Å². The Morgan fingerprint density at radius 2 is 1.95 bits per heavy atom. The number of hydrogen-bond donors (Lipinski definition) is 1. The van der Waals surface area contributed by atoms with Gasteiger partial charge in [0.15, 0.2) is 0 Å². The van der Waals surface area contributed by atoms with E-state index < -0.39 is 0 Å². The molecule has 0 atom stereocenters. The first-order valence-electron chi connectivity index (χ1n) is 6.83. The normalized spacial score (nSPS) is 15.2. The van der Waals surface area contributed by atoms with Crippen LogP contribution in [0.15, 0.2) is 42.5 Å². The molecule has 0 bridgehead atoms. The van der Waals surface area contributed by atoms with E-state index in [4.69, 9.17) is 4.74 Å². The number of methoxy groups -OCH3 is 1. The molecule has 2 nitrogen and oxygen atoms in total. The van der Waals surface area contributed by atoms with Gasteiger partial charge in [0.25, 0.3) is 0 Å². The zero-order valence-corrected chi connectivity index (χ0v) is 11.2. The van der Waals surface area contributed by atoms with Crippen molar-refractivity contribution in [2.45, 2.75) is 18.9 Å². The van der Waals surface area contributed by atoms with Gasteiger partial charge in [-0.25, -0.2) is 0 Å². The molecular weight excluding hydrogens is 234 g/mol. The number of rotatable bonds is 5. The van der Waals surface area contributed by atoms with E-state index in [-0.39, 0.29) is 0 Å². The van der Waals surface area contributed by atoms with Crippen molar-refractivity contribution in [3.8, 4) is 5.75 Å². The van der Waals surface area contributed by atoms with Crippen LogP contribution >= 0.6 is 0 Å². The van der Waals surface area contributed by atoms with E-state index in [1.807, 2.05) is 6.07 Å². The molecular formula is C17H19NO. The SMILES string of the molecule is COc1ccc2cc(C=CCNC3CC3)ccc2c1. The number of hydrogen-bond acceptors (Lipinski definition) is 2. The average Bonchev–Trinajstić information content (AvgIpc) is 3.27. The minimum Gasteiger partial charge on any atom is -0.497 e. The van der Waals surface area contributed by atoms with Crippen LogP contribution in [-0.2, 0) is 0 Å². The summed E-state index contributed by atoms with van der Waals surface area (Å²) in [6, 6.07) is 13.5. The van der Waals surface area contributed by atoms with Gasteiger partial charge in [0.05, 0.1) is 7.11 Å². The summed E-state index contributed by atoms with van der Waals surface area (Å²) < 4.78 is 5.24. The van der Waals surface area contributed by atoms with Crippen LogP contribution in [0.2, 0.25) is 0 Å². The molecule has 19 heavy (non-hydrogen) atoms. The first-order chi connectivity index (χ1) is 9.35. The second kappa shape index (κ2) is 5.45. The van der Waals surface area contributed by atoms with Crippen LogP contribution in [0.5, 0.6) is 5.75 Å².